The zero-order chi connectivity index (χ0) is 18.2. The van der Waals surface area contributed by atoms with E-state index in [1.807, 2.05) is 24.4 Å². The SMILES string of the molecule is ON1CC=CC=C1C1NCCN1CCNCCN=CC1CCCCN1O.[Cu+2]. The molecule has 3 heterocycles. The molecule has 3 rings (SSSR count). The van der Waals surface area contributed by atoms with Crippen LogP contribution in [0, 0.1) is 0 Å². The zero-order valence-corrected chi connectivity index (χ0v) is 16.7. The molecular formula is C18H32CuN6O2+2. The van der Waals surface area contributed by atoms with Gasteiger partial charge in [0.1, 0.15) is 6.17 Å². The standard InChI is InChI=1S/C18H32N6O2.Cu/c25-23-11-3-1-5-16(23)15-20-8-7-19-9-13-22-14-10-21-18(22)17-6-2-4-12-24(17)26;/h2,4,6,15-16,18-19,21,25-26H,1,3,5,7-14H2;/q;+2. The van der Waals surface area contributed by atoms with Gasteiger partial charge in [-0.25, -0.2) is 0 Å². The number of piperidine rings is 1. The summed E-state index contributed by atoms with van der Waals surface area (Å²) in [4.78, 5) is 6.78. The Labute approximate surface area is 172 Å². The van der Waals surface area contributed by atoms with Gasteiger partial charge in [0.25, 0.3) is 0 Å². The van der Waals surface area contributed by atoms with Crippen LogP contribution >= 0.6 is 0 Å². The Morgan fingerprint density at radius 3 is 2.96 bits per heavy atom. The minimum absolute atomic E-state index is 0. The third-order valence-corrected chi connectivity index (χ3v) is 5.15. The summed E-state index contributed by atoms with van der Waals surface area (Å²) < 4.78 is 0. The van der Waals surface area contributed by atoms with Crippen LogP contribution in [0.5, 0.6) is 0 Å². The first-order valence-corrected chi connectivity index (χ1v) is 9.72. The zero-order valence-electron chi connectivity index (χ0n) is 15.7. The third-order valence-electron chi connectivity index (χ3n) is 5.15. The minimum atomic E-state index is 0. The van der Waals surface area contributed by atoms with Gasteiger partial charge < -0.3 is 10.5 Å². The van der Waals surface area contributed by atoms with Crippen molar-refractivity contribution in [3.63, 3.8) is 0 Å². The van der Waals surface area contributed by atoms with Gasteiger partial charge in [-0.05, 0) is 18.9 Å². The predicted molar refractivity (Wildman–Crippen MR) is 101 cm³/mol. The number of hydrogen-bond acceptors (Lipinski definition) is 8. The number of nitrogens with one attached hydrogen (secondary N) is 2. The quantitative estimate of drug-likeness (QED) is 0.251. The van der Waals surface area contributed by atoms with E-state index in [9.17, 15) is 10.4 Å². The molecule has 27 heavy (non-hydrogen) atoms. The Kier molecular flexibility index (Phi) is 9.95. The van der Waals surface area contributed by atoms with Crippen molar-refractivity contribution in [1.82, 2.24) is 25.7 Å². The Hall–Kier alpha value is -0.771. The molecule has 0 aromatic heterocycles. The van der Waals surface area contributed by atoms with Gasteiger partial charge in [0.05, 0.1) is 24.8 Å². The topological polar surface area (TPSA) is 86.6 Å². The third kappa shape index (κ3) is 6.65. The van der Waals surface area contributed by atoms with Crippen LogP contribution in [0.25, 0.3) is 0 Å². The molecule has 0 bridgehead atoms. The maximum atomic E-state index is 10.0. The van der Waals surface area contributed by atoms with E-state index < -0.39 is 0 Å². The van der Waals surface area contributed by atoms with Crippen molar-refractivity contribution in [1.29, 1.82) is 0 Å². The van der Waals surface area contributed by atoms with Crippen LogP contribution in [0.15, 0.2) is 28.9 Å². The van der Waals surface area contributed by atoms with Crippen LogP contribution in [-0.4, -0.2) is 96.2 Å². The molecule has 0 aliphatic carbocycles. The fraction of sp³-hybridized carbons (Fsp3) is 0.722. The van der Waals surface area contributed by atoms with Crippen molar-refractivity contribution in [2.24, 2.45) is 4.99 Å². The Bertz CT molecular complexity index is 530. The second-order valence-corrected chi connectivity index (χ2v) is 7.03. The fourth-order valence-electron chi connectivity index (χ4n) is 3.67. The van der Waals surface area contributed by atoms with Crippen LogP contribution in [0.2, 0.25) is 0 Å². The van der Waals surface area contributed by atoms with Crippen LogP contribution < -0.4 is 10.6 Å². The molecule has 0 amide bonds. The average molecular weight is 428 g/mol. The number of allylic oxidation sites excluding steroid dienone is 2. The van der Waals surface area contributed by atoms with Crippen molar-refractivity contribution < 1.29 is 27.5 Å². The Balaban J connectivity index is 0.00000261. The first-order chi connectivity index (χ1) is 12.8. The monoisotopic (exact) mass is 427 g/mol. The van der Waals surface area contributed by atoms with Gasteiger partial charge in [0.2, 0.25) is 0 Å². The smallest absolute Gasteiger partial charge is 0.314 e. The van der Waals surface area contributed by atoms with Crippen molar-refractivity contribution in [2.75, 3.05) is 52.4 Å². The summed E-state index contributed by atoms with van der Waals surface area (Å²) in [5, 5.41) is 29.4. The van der Waals surface area contributed by atoms with Crippen molar-refractivity contribution in [3.8, 4) is 0 Å². The van der Waals surface area contributed by atoms with Gasteiger partial charge in [0.15, 0.2) is 0 Å². The van der Waals surface area contributed by atoms with Gasteiger partial charge in [-0.15, -0.1) is 0 Å². The molecule has 9 heteroatoms. The van der Waals surface area contributed by atoms with E-state index in [1.54, 1.807) is 0 Å². The number of hydroxylamine groups is 4. The molecule has 0 aromatic carbocycles. The summed E-state index contributed by atoms with van der Waals surface area (Å²) in [7, 11) is 0. The average Bonchev–Trinajstić information content (AvgIpc) is 3.11. The molecule has 2 unspecified atom stereocenters. The molecule has 3 aliphatic heterocycles. The van der Waals surface area contributed by atoms with E-state index in [-0.39, 0.29) is 29.3 Å². The van der Waals surface area contributed by atoms with E-state index >= 15 is 0 Å². The molecule has 8 nitrogen and oxygen atoms in total. The number of nitrogens with zero attached hydrogens (tertiary/aromatic N) is 4. The van der Waals surface area contributed by atoms with Crippen LogP contribution in [0.4, 0.5) is 0 Å². The molecule has 2 saturated heterocycles. The summed E-state index contributed by atoms with van der Waals surface area (Å²) in [6.45, 7) is 6.57. The second kappa shape index (κ2) is 11.9. The van der Waals surface area contributed by atoms with Gasteiger partial charge in [-0.2, -0.15) is 5.06 Å². The summed E-state index contributed by atoms with van der Waals surface area (Å²) in [6.07, 6.45) is 11.1. The molecule has 0 spiro atoms. The molecular weight excluding hydrogens is 396 g/mol. The Morgan fingerprint density at radius 1 is 1.26 bits per heavy atom. The van der Waals surface area contributed by atoms with Crippen molar-refractivity contribution in [2.45, 2.75) is 31.5 Å². The minimum Gasteiger partial charge on any atom is -0.314 e. The molecule has 1 radical (unpaired) electrons. The van der Waals surface area contributed by atoms with E-state index in [0.717, 1.165) is 70.8 Å². The first kappa shape index (κ1) is 22.5. The Morgan fingerprint density at radius 2 is 2.15 bits per heavy atom. The number of aliphatic imine (C=N–C) groups is 1. The molecule has 2 atom stereocenters. The van der Waals surface area contributed by atoms with Gasteiger partial charge >= 0.3 is 17.1 Å². The summed E-state index contributed by atoms with van der Waals surface area (Å²) >= 11 is 0. The van der Waals surface area contributed by atoms with Crippen LogP contribution in [0.3, 0.4) is 0 Å². The fourth-order valence-corrected chi connectivity index (χ4v) is 3.67. The predicted octanol–water partition coefficient (Wildman–Crippen LogP) is 0.264. The summed E-state index contributed by atoms with van der Waals surface area (Å²) in [5.41, 5.74) is 0.913. The van der Waals surface area contributed by atoms with Crippen molar-refractivity contribution in [3.05, 3.63) is 23.9 Å². The molecule has 2 fully saturated rings. The molecule has 155 valence electrons. The van der Waals surface area contributed by atoms with E-state index in [4.69, 9.17) is 0 Å². The second-order valence-electron chi connectivity index (χ2n) is 7.03. The van der Waals surface area contributed by atoms with E-state index in [2.05, 4.69) is 20.5 Å². The maximum absolute atomic E-state index is 10.0. The van der Waals surface area contributed by atoms with Gasteiger partial charge in [-0.1, -0.05) is 18.6 Å². The van der Waals surface area contributed by atoms with E-state index in [0.29, 0.717) is 6.54 Å². The number of rotatable bonds is 8. The molecule has 3 aliphatic rings. The number of hydrogen-bond donors (Lipinski definition) is 4. The van der Waals surface area contributed by atoms with Crippen molar-refractivity contribution >= 4 is 6.21 Å². The van der Waals surface area contributed by atoms with Gasteiger partial charge in [0, 0.05) is 45.5 Å². The summed E-state index contributed by atoms with van der Waals surface area (Å²) in [5.74, 6) is 0. The van der Waals surface area contributed by atoms with Crippen LogP contribution in [0.1, 0.15) is 19.3 Å². The molecule has 4 N–H and O–H groups in total. The molecule has 0 aromatic rings. The maximum Gasteiger partial charge on any atom is 2.00 e. The van der Waals surface area contributed by atoms with Gasteiger partial charge in [-0.3, -0.25) is 25.5 Å². The van der Waals surface area contributed by atoms with Crippen LogP contribution in [-0.2, 0) is 17.1 Å². The normalized spacial score (nSPS) is 27.2. The molecule has 0 saturated carbocycles. The largest absolute Gasteiger partial charge is 2.00 e. The van der Waals surface area contributed by atoms with E-state index in [1.165, 1.54) is 10.1 Å². The first-order valence-electron chi connectivity index (χ1n) is 9.72. The summed E-state index contributed by atoms with van der Waals surface area (Å²) in [6, 6.07) is 0.0828.